The van der Waals surface area contributed by atoms with Gasteiger partial charge < -0.3 is 10.2 Å². The van der Waals surface area contributed by atoms with Crippen LogP contribution in [-0.4, -0.2) is 36.3 Å². The van der Waals surface area contributed by atoms with Gasteiger partial charge in [-0.1, -0.05) is 6.07 Å². The number of hydrogen-bond donors (Lipinski definition) is 3. The van der Waals surface area contributed by atoms with Crippen LogP contribution in [-0.2, 0) is 14.8 Å². The van der Waals surface area contributed by atoms with Gasteiger partial charge in [0.1, 0.15) is 0 Å². The first-order valence-corrected chi connectivity index (χ1v) is 7.43. The van der Waals surface area contributed by atoms with Crippen LogP contribution in [0.4, 0.5) is 5.69 Å². The summed E-state index contributed by atoms with van der Waals surface area (Å²) in [5.41, 5.74) is 0.732. The number of aromatic carboxylic acids is 1. The SMILES string of the molecule is Cc1ccc(C(=O)O)cc1NS(=O)(=O)CCCC(=O)O. The number of nitrogens with one attached hydrogen (secondary N) is 1. The molecule has 0 aliphatic carbocycles. The van der Waals surface area contributed by atoms with Crippen molar-refractivity contribution in [1.82, 2.24) is 0 Å². The summed E-state index contributed by atoms with van der Waals surface area (Å²) in [6.07, 6.45) is -0.253. The molecule has 0 fully saturated rings. The number of benzene rings is 1. The zero-order valence-corrected chi connectivity index (χ0v) is 11.6. The van der Waals surface area contributed by atoms with Crippen molar-refractivity contribution in [2.75, 3.05) is 10.5 Å². The molecule has 0 atom stereocenters. The summed E-state index contributed by atoms with van der Waals surface area (Å²) < 4.78 is 25.8. The van der Waals surface area contributed by atoms with Crippen LogP contribution in [0.25, 0.3) is 0 Å². The summed E-state index contributed by atoms with van der Waals surface area (Å²) >= 11 is 0. The molecular weight excluding hydrogens is 286 g/mol. The van der Waals surface area contributed by atoms with Crippen molar-refractivity contribution in [3.8, 4) is 0 Å². The standard InChI is InChI=1S/C12H15NO6S/c1-8-4-5-9(12(16)17)7-10(8)13-20(18,19)6-2-3-11(14)15/h4-5,7,13H,2-3,6H2,1H3,(H,14,15)(H,16,17). The molecule has 0 amide bonds. The minimum atomic E-state index is -3.70. The average molecular weight is 301 g/mol. The normalized spacial score (nSPS) is 11.1. The smallest absolute Gasteiger partial charge is 0.335 e. The first-order valence-electron chi connectivity index (χ1n) is 5.77. The minimum Gasteiger partial charge on any atom is -0.481 e. The molecule has 1 rings (SSSR count). The Morgan fingerprint density at radius 2 is 1.90 bits per heavy atom. The fourth-order valence-electron chi connectivity index (χ4n) is 1.50. The van der Waals surface area contributed by atoms with E-state index in [0.29, 0.717) is 5.56 Å². The number of carboxylic acid groups (broad SMARTS) is 2. The minimum absolute atomic E-state index is 0.0116. The first kappa shape index (κ1) is 16.0. The second kappa shape index (κ2) is 6.38. The predicted molar refractivity (Wildman–Crippen MR) is 72.4 cm³/mol. The molecule has 0 radical (unpaired) electrons. The number of carboxylic acids is 2. The summed E-state index contributed by atoms with van der Waals surface area (Å²) in [6, 6.07) is 4.10. The van der Waals surface area contributed by atoms with E-state index in [4.69, 9.17) is 10.2 Å². The van der Waals surface area contributed by atoms with Crippen molar-refractivity contribution in [2.24, 2.45) is 0 Å². The fraction of sp³-hybridized carbons (Fsp3) is 0.333. The molecule has 0 heterocycles. The molecule has 0 aromatic heterocycles. The van der Waals surface area contributed by atoms with E-state index in [0.717, 1.165) is 0 Å². The monoisotopic (exact) mass is 301 g/mol. The Morgan fingerprint density at radius 1 is 1.25 bits per heavy atom. The highest BCUT2D eigenvalue weighted by molar-refractivity contribution is 7.92. The maximum atomic E-state index is 11.8. The Balaban J connectivity index is 2.83. The lowest BCUT2D eigenvalue weighted by atomic mass is 10.1. The van der Waals surface area contributed by atoms with Crippen LogP contribution in [0, 0.1) is 6.92 Å². The number of hydrogen-bond acceptors (Lipinski definition) is 4. The summed E-state index contributed by atoms with van der Waals surface area (Å²) in [5, 5.41) is 17.3. The van der Waals surface area contributed by atoms with Gasteiger partial charge in [-0.15, -0.1) is 0 Å². The summed E-state index contributed by atoms with van der Waals surface area (Å²) in [4.78, 5) is 21.2. The van der Waals surface area contributed by atoms with Crippen LogP contribution < -0.4 is 4.72 Å². The predicted octanol–water partition coefficient (Wildman–Crippen LogP) is 1.30. The Kier molecular flexibility index (Phi) is 5.09. The number of anilines is 1. The Morgan fingerprint density at radius 3 is 2.45 bits per heavy atom. The Hall–Kier alpha value is -2.09. The Bertz CT molecular complexity index is 623. The molecule has 0 unspecified atom stereocenters. The lowest BCUT2D eigenvalue weighted by Gasteiger charge is -2.11. The molecule has 20 heavy (non-hydrogen) atoms. The van der Waals surface area contributed by atoms with Gasteiger partial charge in [0.15, 0.2) is 0 Å². The van der Waals surface area contributed by atoms with Crippen molar-refractivity contribution in [1.29, 1.82) is 0 Å². The highest BCUT2D eigenvalue weighted by Gasteiger charge is 2.14. The van der Waals surface area contributed by atoms with Crippen molar-refractivity contribution in [2.45, 2.75) is 19.8 Å². The van der Waals surface area contributed by atoms with Gasteiger partial charge in [-0.2, -0.15) is 0 Å². The van der Waals surface area contributed by atoms with Gasteiger partial charge in [0.2, 0.25) is 10.0 Å². The van der Waals surface area contributed by atoms with Gasteiger partial charge in [0.25, 0.3) is 0 Å². The zero-order valence-electron chi connectivity index (χ0n) is 10.8. The third-order valence-electron chi connectivity index (χ3n) is 2.55. The third kappa shape index (κ3) is 4.88. The number of aliphatic carboxylic acids is 1. The molecule has 0 aliphatic heterocycles. The fourth-order valence-corrected chi connectivity index (χ4v) is 2.68. The zero-order chi connectivity index (χ0) is 15.3. The third-order valence-corrected chi connectivity index (χ3v) is 3.91. The van der Waals surface area contributed by atoms with Gasteiger partial charge in [0.05, 0.1) is 17.0 Å². The first-order chi connectivity index (χ1) is 9.21. The van der Waals surface area contributed by atoms with Gasteiger partial charge in [-0.3, -0.25) is 9.52 Å². The highest BCUT2D eigenvalue weighted by Crippen LogP contribution is 2.18. The van der Waals surface area contributed by atoms with E-state index in [1.54, 1.807) is 6.92 Å². The van der Waals surface area contributed by atoms with Crippen LogP contribution in [0.3, 0.4) is 0 Å². The summed E-state index contributed by atoms with van der Waals surface area (Å²) in [7, 11) is -3.70. The van der Waals surface area contributed by atoms with Crippen molar-refractivity contribution >= 4 is 27.6 Å². The van der Waals surface area contributed by atoms with Crippen LogP contribution in [0.5, 0.6) is 0 Å². The van der Waals surface area contributed by atoms with Crippen LogP contribution in [0.1, 0.15) is 28.8 Å². The molecule has 7 nitrogen and oxygen atoms in total. The molecule has 0 saturated carbocycles. The van der Waals surface area contributed by atoms with E-state index in [-0.39, 0.29) is 29.8 Å². The maximum absolute atomic E-state index is 11.8. The molecule has 0 saturated heterocycles. The second-order valence-electron chi connectivity index (χ2n) is 4.25. The number of aryl methyl sites for hydroxylation is 1. The number of rotatable bonds is 7. The van der Waals surface area contributed by atoms with E-state index in [2.05, 4.69) is 4.72 Å². The second-order valence-corrected chi connectivity index (χ2v) is 6.09. The molecule has 0 aliphatic rings. The number of carbonyl (C=O) groups is 2. The molecule has 1 aromatic carbocycles. The van der Waals surface area contributed by atoms with Crippen LogP contribution in [0.2, 0.25) is 0 Å². The largest absolute Gasteiger partial charge is 0.481 e. The molecule has 3 N–H and O–H groups in total. The van der Waals surface area contributed by atoms with E-state index in [1.165, 1.54) is 18.2 Å². The van der Waals surface area contributed by atoms with Crippen LogP contribution >= 0.6 is 0 Å². The topological polar surface area (TPSA) is 121 Å². The molecule has 0 spiro atoms. The quantitative estimate of drug-likeness (QED) is 0.698. The van der Waals surface area contributed by atoms with Crippen molar-refractivity contribution in [3.05, 3.63) is 29.3 Å². The summed E-state index contributed by atoms with van der Waals surface area (Å²) in [6.45, 7) is 1.64. The van der Waals surface area contributed by atoms with Crippen molar-refractivity contribution in [3.63, 3.8) is 0 Å². The highest BCUT2D eigenvalue weighted by atomic mass is 32.2. The van der Waals surface area contributed by atoms with E-state index >= 15 is 0 Å². The lowest BCUT2D eigenvalue weighted by molar-refractivity contribution is -0.137. The number of sulfonamides is 1. The molecule has 0 bridgehead atoms. The molecule has 110 valence electrons. The van der Waals surface area contributed by atoms with Crippen molar-refractivity contribution < 1.29 is 28.2 Å². The van der Waals surface area contributed by atoms with Gasteiger partial charge in [-0.05, 0) is 31.0 Å². The molecule has 8 heteroatoms. The van der Waals surface area contributed by atoms with E-state index in [1.807, 2.05) is 0 Å². The van der Waals surface area contributed by atoms with Gasteiger partial charge in [0, 0.05) is 6.42 Å². The van der Waals surface area contributed by atoms with E-state index in [9.17, 15) is 18.0 Å². The van der Waals surface area contributed by atoms with Gasteiger partial charge >= 0.3 is 11.9 Å². The average Bonchev–Trinajstić information content (AvgIpc) is 2.30. The molecule has 1 aromatic rings. The van der Waals surface area contributed by atoms with Crippen LogP contribution in [0.15, 0.2) is 18.2 Å². The summed E-state index contributed by atoms with van der Waals surface area (Å²) in [5.74, 6) is -2.56. The Labute approximate surface area is 116 Å². The lowest BCUT2D eigenvalue weighted by Crippen LogP contribution is -2.18. The molecular formula is C12H15NO6S. The van der Waals surface area contributed by atoms with Gasteiger partial charge in [-0.25, -0.2) is 13.2 Å². The maximum Gasteiger partial charge on any atom is 0.335 e. The van der Waals surface area contributed by atoms with E-state index < -0.39 is 22.0 Å².